The Hall–Kier alpha value is -1.36. The zero-order valence-electron chi connectivity index (χ0n) is 7.92. The molecular formula is C10H6ClF3N2. The van der Waals surface area contributed by atoms with Gasteiger partial charge in [-0.2, -0.15) is 13.2 Å². The number of aromatic nitrogens is 2. The Balaban J connectivity index is 2.45. The number of benzene rings is 1. The molecule has 16 heavy (non-hydrogen) atoms. The van der Waals surface area contributed by atoms with E-state index in [1.165, 1.54) is 24.5 Å². The molecule has 84 valence electrons. The molecule has 0 unspecified atom stereocenters. The first-order valence-electron chi connectivity index (χ1n) is 4.41. The van der Waals surface area contributed by atoms with Crippen molar-refractivity contribution in [3.63, 3.8) is 0 Å². The van der Waals surface area contributed by atoms with Gasteiger partial charge in [0.05, 0.1) is 11.9 Å². The molecule has 1 aromatic carbocycles. The molecule has 0 atom stereocenters. The standard InChI is InChI=1S/C10H6ClF3N2/c11-9-7-2-1-6(4-10(12,13)14)3-8(7)15-5-16-9/h1-3,5H,4H2. The lowest BCUT2D eigenvalue weighted by Crippen LogP contribution is -2.11. The number of hydrogen-bond acceptors (Lipinski definition) is 2. The maximum atomic E-state index is 12.2. The van der Waals surface area contributed by atoms with E-state index in [1.807, 2.05) is 0 Å². The van der Waals surface area contributed by atoms with E-state index in [9.17, 15) is 13.2 Å². The Morgan fingerprint density at radius 2 is 1.94 bits per heavy atom. The van der Waals surface area contributed by atoms with Crippen LogP contribution >= 0.6 is 11.6 Å². The molecule has 0 bridgehead atoms. The van der Waals surface area contributed by atoms with Gasteiger partial charge in [0.15, 0.2) is 0 Å². The predicted molar refractivity (Wildman–Crippen MR) is 54.3 cm³/mol. The smallest absolute Gasteiger partial charge is 0.236 e. The van der Waals surface area contributed by atoms with Gasteiger partial charge in [-0.25, -0.2) is 9.97 Å². The van der Waals surface area contributed by atoms with E-state index in [4.69, 9.17) is 11.6 Å². The van der Waals surface area contributed by atoms with E-state index in [0.29, 0.717) is 10.9 Å². The summed E-state index contributed by atoms with van der Waals surface area (Å²) in [6.07, 6.45) is -3.96. The van der Waals surface area contributed by atoms with Gasteiger partial charge in [0, 0.05) is 5.39 Å². The highest BCUT2D eigenvalue weighted by molar-refractivity contribution is 6.33. The summed E-state index contributed by atoms with van der Waals surface area (Å²) < 4.78 is 36.5. The number of hydrogen-bond donors (Lipinski definition) is 0. The van der Waals surface area contributed by atoms with Crippen molar-refractivity contribution in [2.24, 2.45) is 0 Å². The first kappa shape index (κ1) is 11.1. The molecule has 0 aliphatic heterocycles. The van der Waals surface area contributed by atoms with Crippen LogP contribution in [-0.2, 0) is 6.42 Å². The van der Waals surface area contributed by atoms with Crippen LogP contribution in [0.3, 0.4) is 0 Å². The van der Waals surface area contributed by atoms with Crippen LogP contribution in [-0.4, -0.2) is 16.1 Å². The topological polar surface area (TPSA) is 25.8 Å². The summed E-state index contributed by atoms with van der Waals surface area (Å²) in [4.78, 5) is 7.61. The molecule has 0 N–H and O–H groups in total. The summed E-state index contributed by atoms with van der Waals surface area (Å²) in [5.41, 5.74) is 0.580. The minimum Gasteiger partial charge on any atom is -0.236 e. The summed E-state index contributed by atoms with van der Waals surface area (Å²) in [5.74, 6) is 0. The predicted octanol–water partition coefficient (Wildman–Crippen LogP) is 3.39. The summed E-state index contributed by atoms with van der Waals surface area (Å²) in [6.45, 7) is 0. The van der Waals surface area contributed by atoms with E-state index in [1.54, 1.807) is 0 Å². The lowest BCUT2D eigenvalue weighted by molar-refractivity contribution is -0.127. The number of halogens is 4. The molecule has 0 aliphatic rings. The maximum absolute atomic E-state index is 12.2. The van der Waals surface area contributed by atoms with Crippen molar-refractivity contribution in [3.8, 4) is 0 Å². The average Bonchev–Trinajstić information content (AvgIpc) is 2.15. The van der Waals surface area contributed by atoms with Crippen LogP contribution in [0.25, 0.3) is 10.9 Å². The molecule has 0 radical (unpaired) electrons. The highest BCUT2D eigenvalue weighted by Crippen LogP contribution is 2.25. The van der Waals surface area contributed by atoms with Gasteiger partial charge < -0.3 is 0 Å². The molecule has 2 aromatic rings. The molecule has 1 heterocycles. The SMILES string of the molecule is FC(F)(F)Cc1ccc2c(Cl)ncnc2c1. The monoisotopic (exact) mass is 246 g/mol. The lowest BCUT2D eigenvalue weighted by atomic mass is 10.1. The van der Waals surface area contributed by atoms with Gasteiger partial charge in [0.25, 0.3) is 0 Å². The maximum Gasteiger partial charge on any atom is 0.393 e. The van der Waals surface area contributed by atoms with Crippen molar-refractivity contribution in [3.05, 3.63) is 35.2 Å². The molecule has 0 amide bonds. The van der Waals surface area contributed by atoms with E-state index in [-0.39, 0.29) is 10.7 Å². The van der Waals surface area contributed by atoms with Gasteiger partial charge in [-0.05, 0) is 17.7 Å². The van der Waals surface area contributed by atoms with E-state index in [0.717, 1.165) is 0 Å². The summed E-state index contributed by atoms with van der Waals surface area (Å²) >= 11 is 5.77. The highest BCUT2D eigenvalue weighted by Gasteiger charge is 2.27. The molecule has 0 fully saturated rings. The van der Waals surface area contributed by atoms with Crippen LogP contribution in [0.1, 0.15) is 5.56 Å². The van der Waals surface area contributed by atoms with E-state index in [2.05, 4.69) is 9.97 Å². The lowest BCUT2D eigenvalue weighted by Gasteiger charge is -2.07. The van der Waals surface area contributed by atoms with Crippen molar-refractivity contribution in [2.75, 3.05) is 0 Å². The second kappa shape index (κ2) is 3.90. The first-order chi connectivity index (χ1) is 7.46. The number of nitrogens with zero attached hydrogens (tertiary/aromatic N) is 2. The summed E-state index contributed by atoms with van der Waals surface area (Å²) in [7, 11) is 0. The average molecular weight is 247 g/mol. The summed E-state index contributed by atoms with van der Waals surface area (Å²) in [5, 5.41) is 0.790. The molecule has 0 spiro atoms. The fraction of sp³-hybridized carbons (Fsp3) is 0.200. The van der Waals surface area contributed by atoms with Crippen LogP contribution < -0.4 is 0 Å². The third-order valence-corrected chi connectivity index (χ3v) is 2.36. The third-order valence-electron chi connectivity index (χ3n) is 2.06. The second-order valence-electron chi connectivity index (χ2n) is 3.31. The zero-order valence-corrected chi connectivity index (χ0v) is 8.68. The molecule has 0 saturated carbocycles. The van der Waals surface area contributed by atoms with E-state index < -0.39 is 12.6 Å². The first-order valence-corrected chi connectivity index (χ1v) is 4.79. The number of fused-ring (bicyclic) bond motifs is 1. The van der Waals surface area contributed by atoms with Gasteiger partial charge in [0.1, 0.15) is 11.5 Å². The van der Waals surface area contributed by atoms with Crippen LogP contribution in [0.5, 0.6) is 0 Å². The largest absolute Gasteiger partial charge is 0.393 e. The Morgan fingerprint density at radius 1 is 1.19 bits per heavy atom. The van der Waals surface area contributed by atoms with Gasteiger partial charge in [-0.15, -0.1) is 0 Å². The van der Waals surface area contributed by atoms with Crippen LogP contribution in [0.4, 0.5) is 13.2 Å². The van der Waals surface area contributed by atoms with Gasteiger partial charge in [-0.3, -0.25) is 0 Å². The molecule has 0 saturated heterocycles. The van der Waals surface area contributed by atoms with Crippen LogP contribution in [0, 0.1) is 0 Å². The Labute approximate surface area is 94.1 Å². The number of alkyl halides is 3. The molecular weight excluding hydrogens is 241 g/mol. The van der Waals surface area contributed by atoms with Crippen molar-refractivity contribution in [1.29, 1.82) is 0 Å². The second-order valence-corrected chi connectivity index (χ2v) is 3.67. The molecule has 1 aromatic heterocycles. The van der Waals surface area contributed by atoms with Crippen molar-refractivity contribution in [1.82, 2.24) is 9.97 Å². The Bertz CT molecular complexity index is 525. The Kier molecular flexibility index (Phi) is 2.71. The minimum absolute atomic E-state index is 0.162. The Morgan fingerprint density at radius 3 is 2.62 bits per heavy atom. The minimum atomic E-state index is -4.22. The number of rotatable bonds is 1. The quantitative estimate of drug-likeness (QED) is 0.721. The van der Waals surface area contributed by atoms with Gasteiger partial charge in [-0.1, -0.05) is 17.7 Å². The highest BCUT2D eigenvalue weighted by atomic mass is 35.5. The zero-order chi connectivity index (χ0) is 11.8. The van der Waals surface area contributed by atoms with Gasteiger partial charge >= 0.3 is 6.18 Å². The fourth-order valence-electron chi connectivity index (χ4n) is 1.41. The molecule has 0 aliphatic carbocycles. The van der Waals surface area contributed by atoms with Crippen LogP contribution in [0.2, 0.25) is 5.15 Å². The van der Waals surface area contributed by atoms with Crippen molar-refractivity contribution >= 4 is 22.5 Å². The molecule has 2 nitrogen and oxygen atoms in total. The van der Waals surface area contributed by atoms with E-state index >= 15 is 0 Å². The van der Waals surface area contributed by atoms with Gasteiger partial charge in [0.2, 0.25) is 0 Å². The molecule has 2 rings (SSSR count). The third kappa shape index (κ3) is 2.41. The summed E-state index contributed by atoms with van der Waals surface area (Å²) in [6, 6.07) is 4.25. The van der Waals surface area contributed by atoms with Crippen molar-refractivity contribution < 1.29 is 13.2 Å². The normalized spacial score (nSPS) is 12.0. The molecule has 6 heteroatoms. The fourth-order valence-corrected chi connectivity index (χ4v) is 1.61. The van der Waals surface area contributed by atoms with Crippen LogP contribution in [0.15, 0.2) is 24.5 Å². The van der Waals surface area contributed by atoms with Crippen molar-refractivity contribution in [2.45, 2.75) is 12.6 Å².